The quantitative estimate of drug-likeness (QED) is 0.423. The summed E-state index contributed by atoms with van der Waals surface area (Å²) in [5, 5.41) is 0.336. The molecule has 1 atom stereocenters. The second-order valence-electron chi connectivity index (χ2n) is 8.22. The summed E-state index contributed by atoms with van der Waals surface area (Å²) in [5.41, 5.74) is 1.64. The van der Waals surface area contributed by atoms with Crippen LogP contribution in [-0.4, -0.2) is 6.61 Å². The first-order chi connectivity index (χ1) is 12.2. The smallest absolute Gasteiger partial charge is 0.147 e. The number of epoxide rings is 1. The van der Waals surface area contributed by atoms with E-state index in [2.05, 4.69) is 12.7 Å². The molecular weight excluding hydrogens is 335 g/mol. The number of halogens is 2. The third-order valence-corrected chi connectivity index (χ3v) is 7.23. The van der Waals surface area contributed by atoms with Crippen molar-refractivity contribution >= 4 is 11.6 Å². The molecule has 2 aliphatic carbocycles. The lowest BCUT2D eigenvalue weighted by Gasteiger charge is -2.37. The highest BCUT2D eigenvalue weighted by Crippen LogP contribution is 2.46. The van der Waals surface area contributed by atoms with Crippen LogP contribution in [0.4, 0.5) is 4.39 Å². The standard InChI is InChI=1S/C22H28ClFO/c1-2-14-3-5-15(6-4-14)16-7-9-17(10-8-16)18-11-12-19(20-13-25-20)22(24)21(18)23/h2,11-12,14-17,20H,1,3-10,13H2. The van der Waals surface area contributed by atoms with Crippen molar-refractivity contribution in [3.05, 3.63) is 46.8 Å². The molecule has 136 valence electrons. The van der Waals surface area contributed by atoms with Gasteiger partial charge in [0.05, 0.1) is 11.6 Å². The van der Waals surface area contributed by atoms with E-state index in [1.165, 1.54) is 38.5 Å². The molecule has 3 heteroatoms. The molecule has 1 nitrogen and oxygen atoms in total. The number of hydrogen-bond acceptors (Lipinski definition) is 1. The predicted molar refractivity (Wildman–Crippen MR) is 100 cm³/mol. The van der Waals surface area contributed by atoms with Crippen LogP contribution in [0.25, 0.3) is 0 Å². The summed E-state index contributed by atoms with van der Waals surface area (Å²) < 4.78 is 19.7. The first kappa shape index (κ1) is 17.5. The van der Waals surface area contributed by atoms with Gasteiger partial charge in [0.1, 0.15) is 11.9 Å². The Morgan fingerprint density at radius 1 is 0.960 bits per heavy atom. The van der Waals surface area contributed by atoms with Gasteiger partial charge >= 0.3 is 0 Å². The first-order valence-electron chi connectivity index (χ1n) is 9.89. The molecule has 1 aliphatic heterocycles. The zero-order valence-corrected chi connectivity index (χ0v) is 15.6. The molecule has 1 saturated heterocycles. The van der Waals surface area contributed by atoms with Gasteiger partial charge in [-0.2, -0.15) is 0 Å². The van der Waals surface area contributed by atoms with Crippen molar-refractivity contribution in [1.29, 1.82) is 0 Å². The van der Waals surface area contributed by atoms with Gasteiger partial charge in [0.25, 0.3) is 0 Å². The molecule has 1 heterocycles. The van der Waals surface area contributed by atoms with E-state index in [4.69, 9.17) is 16.3 Å². The maximum absolute atomic E-state index is 14.5. The van der Waals surface area contributed by atoms with Gasteiger partial charge in [-0.15, -0.1) is 6.58 Å². The molecule has 0 radical (unpaired) electrons. The zero-order chi connectivity index (χ0) is 17.4. The van der Waals surface area contributed by atoms with Crippen molar-refractivity contribution < 1.29 is 9.13 Å². The molecular formula is C22H28ClFO. The number of allylic oxidation sites excluding steroid dienone is 1. The van der Waals surface area contributed by atoms with Gasteiger partial charge in [0.2, 0.25) is 0 Å². The number of hydrogen-bond donors (Lipinski definition) is 0. The van der Waals surface area contributed by atoms with Gasteiger partial charge in [-0.05, 0) is 80.6 Å². The molecule has 1 unspecified atom stereocenters. The molecule has 1 aromatic rings. The summed E-state index contributed by atoms with van der Waals surface area (Å²) in [7, 11) is 0. The Morgan fingerprint density at radius 2 is 1.52 bits per heavy atom. The normalized spacial score (nSPS) is 35.4. The molecule has 3 aliphatic rings. The van der Waals surface area contributed by atoms with E-state index in [0.717, 1.165) is 36.2 Å². The van der Waals surface area contributed by atoms with Gasteiger partial charge in [-0.1, -0.05) is 29.8 Å². The number of benzene rings is 1. The van der Waals surface area contributed by atoms with E-state index in [1.54, 1.807) is 0 Å². The van der Waals surface area contributed by atoms with Gasteiger partial charge in [0.15, 0.2) is 0 Å². The SMILES string of the molecule is C=CC1CCC(C2CCC(c3ccc(C4CO4)c(F)c3Cl)CC2)CC1. The lowest BCUT2D eigenvalue weighted by Crippen LogP contribution is -2.25. The van der Waals surface area contributed by atoms with Crippen molar-refractivity contribution in [3.63, 3.8) is 0 Å². The topological polar surface area (TPSA) is 12.5 Å². The fourth-order valence-corrected chi connectivity index (χ4v) is 5.45. The molecule has 0 spiro atoms. The minimum Gasteiger partial charge on any atom is -0.368 e. The van der Waals surface area contributed by atoms with Crippen LogP contribution in [0.3, 0.4) is 0 Å². The second-order valence-corrected chi connectivity index (χ2v) is 8.59. The molecule has 3 fully saturated rings. The summed E-state index contributed by atoms with van der Waals surface area (Å²) in [6, 6.07) is 3.93. The van der Waals surface area contributed by atoms with Crippen molar-refractivity contribution in [3.8, 4) is 0 Å². The average Bonchev–Trinajstić information content (AvgIpc) is 3.49. The van der Waals surface area contributed by atoms with Crippen molar-refractivity contribution in [1.82, 2.24) is 0 Å². The van der Waals surface area contributed by atoms with Crippen LogP contribution >= 0.6 is 11.6 Å². The molecule has 4 rings (SSSR count). The van der Waals surface area contributed by atoms with Gasteiger partial charge in [0, 0.05) is 5.56 Å². The monoisotopic (exact) mass is 362 g/mol. The molecule has 1 aromatic carbocycles. The van der Waals surface area contributed by atoms with E-state index in [-0.39, 0.29) is 11.9 Å². The van der Waals surface area contributed by atoms with E-state index in [1.807, 2.05) is 12.1 Å². The van der Waals surface area contributed by atoms with Gasteiger partial charge < -0.3 is 4.74 Å². The molecule has 2 saturated carbocycles. The van der Waals surface area contributed by atoms with Crippen LogP contribution in [0.5, 0.6) is 0 Å². The van der Waals surface area contributed by atoms with E-state index >= 15 is 0 Å². The highest BCUT2D eigenvalue weighted by atomic mass is 35.5. The van der Waals surface area contributed by atoms with E-state index in [0.29, 0.717) is 23.1 Å². The molecule has 25 heavy (non-hydrogen) atoms. The Kier molecular flexibility index (Phi) is 5.20. The van der Waals surface area contributed by atoms with E-state index < -0.39 is 0 Å². The lowest BCUT2D eigenvalue weighted by atomic mass is 9.68. The summed E-state index contributed by atoms with van der Waals surface area (Å²) >= 11 is 6.38. The third kappa shape index (κ3) is 3.66. The van der Waals surface area contributed by atoms with Gasteiger partial charge in [-0.3, -0.25) is 0 Å². The third-order valence-electron chi connectivity index (χ3n) is 6.85. The van der Waals surface area contributed by atoms with Crippen LogP contribution in [0.2, 0.25) is 5.02 Å². The zero-order valence-electron chi connectivity index (χ0n) is 14.9. The minimum absolute atomic E-state index is 0.0759. The van der Waals surface area contributed by atoms with Gasteiger partial charge in [-0.25, -0.2) is 4.39 Å². The van der Waals surface area contributed by atoms with E-state index in [9.17, 15) is 4.39 Å². The Bertz CT molecular complexity index is 623. The Balaban J connectivity index is 1.37. The maximum atomic E-state index is 14.5. The highest BCUT2D eigenvalue weighted by molar-refractivity contribution is 6.31. The molecule has 0 N–H and O–H groups in total. The molecule has 0 bridgehead atoms. The second kappa shape index (κ2) is 7.40. The Hall–Kier alpha value is -0.860. The molecule has 0 amide bonds. The average molecular weight is 363 g/mol. The summed E-state index contributed by atoms with van der Waals surface area (Å²) in [6.07, 6.45) is 12.2. The maximum Gasteiger partial charge on any atom is 0.147 e. The largest absolute Gasteiger partial charge is 0.368 e. The fraction of sp³-hybridized carbons (Fsp3) is 0.636. The fourth-order valence-electron chi connectivity index (χ4n) is 5.12. The first-order valence-corrected chi connectivity index (χ1v) is 10.3. The van der Waals surface area contributed by atoms with Crippen LogP contribution < -0.4 is 0 Å². The Morgan fingerprint density at radius 3 is 2.08 bits per heavy atom. The number of ether oxygens (including phenoxy) is 1. The van der Waals surface area contributed by atoms with Crippen LogP contribution in [-0.2, 0) is 4.74 Å². The summed E-state index contributed by atoms with van der Waals surface area (Å²) in [4.78, 5) is 0. The lowest BCUT2D eigenvalue weighted by molar-refractivity contribution is 0.171. The number of rotatable bonds is 4. The molecule has 0 aromatic heterocycles. The summed E-state index contributed by atoms with van der Waals surface area (Å²) in [6.45, 7) is 4.57. The van der Waals surface area contributed by atoms with Crippen molar-refractivity contribution in [2.45, 2.75) is 63.4 Å². The Labute approximate surface area is 155 Å². The van der Waals surface area contributed by atoms with Crippen LogP contribution in [0.1, 0.15) is 74.5 Å². The minimum atomic E-state index is -0.258. The highest BCUT2D eigenvalue weighted by Gasteiger charge is 2.33. The summed E-state index contributed by atoms with van der Waals surface area (Å²) in [5.74, 6) is 2.63. The van der Waals surface area contributed by atoms with Crippen LogP contribution in [0.15, 0.2) is 24.8 Å². The van der Waals surface area contributed by atoms with Crippen molar-refractivity contribution in [2.24, 2.45) is 17.8 Å². The van der Waals surface area contributed by atoms with Crippen LogP contribution in [0, 0.1) is 23.6 Å². The van der Waals surface area contributed by atoms with Crippen molar-refractivity contribution in [2.75, 3.05) is 6.61 Å². The predicted octanol–water partition coefficient (Wildman–Crippen LogP) is 6.82.